The van der Waals surface area contributed by atoms with Gasteiger partial charge in [0.2, 0.25) is 0 Å². The van der Waals surface area contributed by atoms with Crippen molar-refractivity contribution in [3.05, 3.63) is 51.4 Å². The maximum atomic E-state index is 12.4. The third-order valence-corrected chi connectivity index (χ3v) is 2.70. The number of halogens is 4. The maximum absolute atomic E-state index is 12.4. The second-order valence-corrected chi connectivity index (χ2v) is 4.21. The van der Waals surface area contributed by atoms with Crippen LogP contribution >= 0.6 is 11.6 Å². The second kappa shape index (κ2) is 4.62. The molecule has 0 saturated heterocycles. The number of aromatic nitrogens is 1. The highest BCUT2D eigenvalue weighted by Crippen LogP contribution is 2.32. The standard InChI is InChI=1S/C12H7ClF3NO2/c13-7-3-1-6(2-4-7)10-8(18)5-9(12(14,15)16)17-11(10)19/h1-5H,(H2,17,18,19). The normalized spacial score (nSPS) is 11.6. The molecule has 3 nitrogen and oxygen atoms in total. The largest absolute Gasteiger partial charge is 0.507 e. The number of hydrogen-bond acceptors (Lipinski definition) is 2. The van der Waals surface area contributed by atoms with E-state index in [-0.39, 0.29) is 11.1 Å². The zero-order chi connectivity index (χ0) is 14.2. The van der Waals surface area contributed by atoms with Gasteiger partial charge in [-0.2, -0.15) is 13.2 Å². The zero-order valence-corrected chi connectivity index (χ0v) is 10.0. The van der Waals surface area contributed by atoms with E-state index in [9.17, 15) is 23.1 Å². The van der Waals surface area contributed by atoms with Gasteiger partial charge in [-0.15, -0.1) is 0 Å². The van der Waals surface area contributed by atoms with E-state index in [1.165, 1.54) is 24.3 Å². The molecule has 1 aromatic heterocycles. The number of aromatic hydroxyl groups is 1. The van der Waals surface area contributed by atoms with Crippen molar-refractivity contribution >= 4 is 11.6 Å². The molecule has 0 saturated carbocycles. The number of rotatable bonds is 1. The van der Waals surface area contributed by atoms with Gasteiger partial charge < -0.3 is 10.1 Å². The lowest BCUT2D eigenvalue weighted by atomic mass is 10.1. The van der Waals surface area contributed by atoms with E-state index in [0.717, 1.165) is 0 Å². The van der Waals surface area contributed by atoms with Gasteiger partial charge in [-0.05, 0) is 17.7 Å². The van der Waals surface area contributed by atoms with Gasteiger partial charge >= 0.3 is 6.18 Å². The van der Waals surface area contributed by atoms with E-state index in [4.69, 9.17) is 11.6 Å². The first kappa shape index (κ1) is 13.5. The highest BCUT2D eigenvalue weighted by atomic mass is 35.5. The summed E-state index contributed by atoms with van der Waals surface area (Å²) in [6.45, 7) is 0. The summed E-state index contributed by atoms with van der Waals surface area (Å²) in [5.74, 6) is -0.738. The fourth-order valence-corrected chi connectivity index (χ4v) is 1.72. The molecule has 2 aromatic rings. The first-order chi connectivity index (χ1) is 8.79. The minimum Gasteiger partial charge on any atom is -0.507 e. The minimum absolute atomic E-state index is 0.232. The predicted octanol–water partition coefficient (Wildman–Crippen LogP) is 3.42. The topological polar surface area (TPSA) is 53.1 Å². The molecule has 0 bridgehead atoms. The molecule has 0 spiro atoms. The van der Waals surface area contributed by atoms with Gasteiger partial charge in [0, 0.05) is 11.1 Å². The summed E-state index contributed by atoms with van der Waals surface area (Å²) >= 11 is 5.67. The van der Waals surface area contributed by atoms with Crippen molar-refractivity contribution in [3.8, 4) is 16.9 Å². The Balaban J connectivity index is 2.60. The molecule has 0 atom stereocenters. The van der Waals surface area contributed by atoms with E-state index in [1.54, 1.807) is 4.98 Å². The van der Waals surface area contributed by atoms with Crippen LogP contribution in [-0.2, 0) is 6.18 Å². The molecule has 2 rings (SSSR count). The van der Waals surface area contributed by atoms with E-state index in [1.807, 2.05) is 0 Å². The van der Waals surface area contributed by atoms with Gasteiger partial charge in [-0.25, -0.2) is 0 Å². The Kier molecular flexibility index (Phi) is 3.28. The molecule has 1 heterocycles. The lowest BCUT2D eigenvalue weighted by molar-refractivity contribution is -0.141. The monoisotopic (exact) mass is 289 g/mol. The Labute approximate surface area is 110 Å². The second-order valence-electron chi connectivity index (χ2n) is 3.78. The molecule has 0 radical (unpaired) electrons. The Morgan fingerprint density at radius 1 is 1.16 bits per heavy atom. The Bertz CT molecular complexity index is 662. The molecular weight excluding hydrogens is 283 g/mol. The number of benzene rings is 1. The van der Waals surface area contributed by atoms with Crippen molar-refractivity contribution in [3.63, 3.8) is 0 Å². The molecular formula is C12H7ClF3NO2. The molecule has 100 valence electrons. The summed E-state index contributed by atoms with van der Waals surface area (Å²) in [5.41, 5.74) is -2.27. The number of aromatic amines is 1. The third kappa shape index (κ3) is 2.73. The third-order valence-electron chi connectivity index (χ3n) is 2.45. The van der Waals surface area contributed by atoms with Gasteiger partial charge in [-0.1, -0.05) is 23.7 Å². The van der Waals surface area contributed by atoms with E-state index in [2.05, 4.69) is 0 Å². The summed E-state index contributed by atoms with van der Waals surface area (Å²) in [7, 11) is 0. The Hall–Kier alpha value is -1.95. The molecule has 19 heavy (non-hydrogen) atoms. The molecule has 0 fully saturated rings. The molecule has 0 aliphatic rings. The van der Waals surface area contributed by atoms with Crippen molar-refractivity contribution in [2.24, 2.45) is 0 Å². The van der Waals surface area contributed by atoms with Gasteiger partial charge in [-0.3, -0.25) is 4.79 Å². The molecule has 0 aliphatic carbocycles. The zero-order valence-electron chi connectivity index (χ0n) is 9.25. The molecule has 1 aromatic carbocycles. The quantitative estimate of drug-likeness (QED) is 0.845. The number of alkyl halides is 3. The minimum atomic E-state index is -4.73. The van der Waals surface area contributed by atoms with E-state index >= 15 is 0 Å². The van der Waals surface area contributed by atoms with Crippen molar-refractivity contribution in [1.82, 2.24) is 4.98 Å². The number of H-pyrrole nitrogens is 1. The summed E-state index contributed by atoms with van der Waals surface area (Å²) in [5, 5.41) is 10.0. The highest BCUT2D eigenvalue weighted by molar-refractivity contribution is 6.30. The molecule has 7 heteroatoms. The summed E-state index contributed by atoms with van der Waals surface area (Å²) in [4.78, 5) is 13.3. The summed E-state index contributed by atoms with van der Waals surface area (Å²) in [6, 6.07) is 6.27. The van der Waals surface area contributed by atoms with Crippen LogP contribution in [-0.4, -0.2) is 10.1 Å². The lowest BCUT2D eigenvalue weighted by Crippen LogP contribution is -2.17. The van der Waals surface area contributed by atoms with Crippen LogP contribution in [0, 0.1) is 0 Å². The first-order valence-electron chi connectivity index (χ1n) is 5.08. The van der Waals surface area contributed by atoms with Gasteiger partial charge in [0.25, 0.3) is 5.56 Å². The predicted molar refractivity (Wildman–Crippen MR) is 64.2 cm³/mol. The van der Waals surface area contributed by atoms with Crippen molar-refractivity contribution < 1.29 is 18.3 Å². The lowest BCUT2D eigenvalue weighted by Gasteiger charge is -2.09. The van der Waals surface area contributed by atoms with Crippen LogP contribution in [0.3, 0.4) is 0 Å². The van der Waals surface area contributed by atoms with Crippen LogP contribution in [0.4, 0.5) is 13.2 Å². The number of hydrogen-bond donors (Lipinski definition) is 2. The van der Waals surface area contributed by atoms with E-state index in [0.29, 0.717) is 11.1 Å². The average molecular weight is 290 g/mol. The van der Waals surface area contributed by atoms with Gasteiger partial charge in [0.05, 0.1) is 5.56 Å². The highest BCUT2D eigenvalue weighted by Gasteiger charge is 2.33. The van der Waals surface area contributed by atoms with Crippen LogP contribution < -0.4 is 5.56 Å². The Morgan fingerprint density at radius 3 is 2.21 bits per heavy atom. The van der Waals surface area contributed by atoms with Crippen molar-refractivity contribution in [2.45, 2.75) is 6.18 Å². The van der Waals surface area contributed by atoms with Crippen molar-refractivity contribution in [2.75, 3.05) is 0 Å². The smallest absolute Gasteiger partial charge is 0.431 e. The van der Waals surface area contributed by atoms with Crippen LogP contribution in [0.25, 0.3) is 11.1 Å². The SMILES string of the molecule is O=c1[nH]c(C(F)(F)F)cc(O)c1-c1ccc(Cl)cc1. The van der Waals surface area contributed by atoms with Crippen LogP contribution in [0.2, 0.25) is 5.02 Å². The summed E-state index contributed by atoms with van der Waals surface area (Å²) < 4.78 is 37.3. The maximum Gasteiger partial charge on any atom is 0.431 e. The van der Waals surface area contributed by atoms with Crippen molar-refractivity contribution in [1.29, 1.82) is 0 Å². The summed E-state index contributed by atoms with van der Waals surface area (Å²) in [6.07, 6.45) is -4.73. The van der Waals surface area contributed by atoms with Gasteiger partial charge in [0.15, 0.2) is 0 Å². The van der Waals surface area contributed by atoms with Gasteiger partial charge in [0.1, 0.15) is 11.4 Å². The van der Waals surface area contributed by atoms with Crippen LogP contribution in [0.5, 0.6) is 5.75 Å². The fraction of sp³-hybridized carbons (Fsp3) is 0.0833. The number of nitrogens with one attached hydrogen (secondary N) is 1. The number of pyridine rings is 1. The fourth-order valence-electron chi connectivity index (χ4n) is 1.59. The molecule has 0 aliphatic heterocycles. The first-order valence-corrected chi connectivity index (χ1v) is 5.46. The van der Waals surface area contributed by atoms with E-state index < -0.39 is 23.2 Å². The molecule has 0 amide bonds. The Morgan fingerprint density at radius 2 is 1.74 bits per heavy atom. The average Bonchev–Trinajstić information content (AvgIpc) is 2.29. The van der Waals surface area contributed by atoms with Crippen LogP contribution in [0.1, 0.15) is 5.69 Å². The molecule has 2 N–H and O–H groups in total. The molecule has 0 unspecified atom stereocenters. The van der Waals surface area contributed by atoms with Crippen LogP contribution in [0.15, 0.2) is 35.1 Å².